The van der Waals surface area contributed by atoms with E-state index in [0.29, 0.717) is 5.54 Å². The summed E-state index contributed by atoms with van der Waals surface area (Å²) in [6, 6.07) is 8.95. The van der Waals surface area contributed by atoms with Gasteiger partial charge in [0.25, 0.3) is 0 Å². The molecule has 1 aromatic rings. The van der Waals surface area contributed by atoms with Crippen LogP contribution in [0.25, 0.3) is 0 Å². The Morgan fingerprint density at radius 3 is 2.80 bits per heavy atom. The molecule has 3 heteroatoms. The standard InChI is InChI=1S/C17H26N2S/c1-20-12-11-19-14-17(9-5-2-6-10-17)18-13-15-7-3-4-8-16(15)19/h3-4,7-8,18H,2,5-6,9-14H2,1H3. The molecule has 0 radical (unpaired) electrons. The van der Waals surface area contributed by atoms with Crippen molar-refractivity contribution in [2.24, 2.45) is 0 Å². The molecule has 1 saturated carbocycles. The second-order valence-corrected chi connectivity index (χ2v) is 7.22. The van der Waals surface area contributed by atoms with Gasteiger partial charge in [-0.3, -0.25) is 0 Å². The molecule has 1 N–H and O–H groups in total. The number of rotatable bonds is 3. The lowest BCUT2D eigenvalue weighted by Gasteiger charge is -2.40. The third-order valence-corrected chi connectivity index (χ3v) is 5.45. The molecule has 2 aliphatic rings. The molecular weight excluding hydrogens is 264 g/mol. The molecule has 20 heavy (non-hydrogen) atoms. The van der Waals surface area contributed by atoms with Gasteiger partial charge in [-0.2, -0.15) is 11.8 Å². The number of hydrogen-bond acceptors (Lipinski definition) is 3. The molecule has 0 bridgehead atoms. The predicted octanol–water partition coefficient (Wildman–Crippen LogP) is 3.66. The van der Waals surface area contributed by atoms with Gasteiger partial charge in [0.15, 0.2) is 0 Å². The normalized spacial score (nSPS) is 21.6. The van der Waals surface area contributed by atoms with Crippen LogP contribution in [0.5, 0.6) is 0 Å². The summed E-state index contributed by atoms with van der Waals surface area (Å²) in [5.74, 6) is 1.21. The van der Waals surface area contributed by atoms with E-state index in [1.807, 2.05) is 11.8 Å². The fourth-order valence-corrected chi connectivity index (χ4v) is 4.13. The molecule has 1 aliphatic carbocycles. The van der Waals surface area contributed by atoms with Gasteiger partial charge >= 0.3 is 0 Å². The molecule has 110 valence electrons. The van der Waals surface area contributed by atoms with Crippen molar-refractivity contribution in [1.82, 2.24) is 5.32 Å². The SMILES string of the molecule is CSCCN1CC2(CCCCC2)NCc2ccccc21. The molecule has 0 saturated heterocycles. The van der Waals surface area contributed by atoms with Crippen molar-refractivity contribution in [1.29, 1.82) is 0 Å². The third kappa shape index (κ3) is 2.99. The van der Waals surface area contributed by atoms with Crippen molar-refractivity contribution in [3.05, 3.63) is 29.8 Å². The zero-order chi connectivity index (χ0) is 13.8. The molecule has 2 nitrogen and oxygen atoms in total. The van der Waals surface area contributed by atoms with Gasteiger partial charge in [-0.05, 0) is 30.7 Å². The van der Waals surface area contributed by atoms with Crippen LogP contribution in [0.1, 0.15) is 37.7 Å². The summed E-state index contributed by atoms with van der Waals surface area (Å²) < 4.78 is 0. The highest BCUT2D eigenvalue weighted by Gasteiger charge is 2.35. The third-order valence-electron chi connectivity index (χ3n) is 4.86. The van der Waals surface area contributed by atoms with E-state index in [4.69, 9.17) is 0 Å². The van der Waals surface area contributed by atoms with Crippen LogP contribution in [-0.4, -0.2) is 30.6 Å². The minimum absolute atomic E-state index is 0.357. The predicted molar refractivity (Wildman–Crippen MR) is 89.7 cm³/mol. The first-order valence-electron chi connectivity index (χ1n) is 7.90. The average Bonchev–Trinajstić information content (AvgIpc) is 2.64. The van der Waals surface area contributed by atoms with E-state index in [-0.39, 0.29) is 0 Å². The molecule has 1 aliphatic heterocycles. The molecule has 0 unspecified atom stereocenters. The van der Waals surface area contributed by atoms with E-state index < -0.39 is 0 Å². The van der Waals surface area contributed by atoms with Crippen molar-refractivity contribution in [2.75, 3.05) is 30.0 Å². The largest absolute Gasteiger partial charge is 0.369 e. The summed E-state index contributed by atoms with van der Waals surface area (Å²) >= 11 is 1.95. The monoisotopic (exact) mass is 290 g/mol. The van der Waals surface area contributed by atoms with E-state index in [0.717, 1.165) is 6.54 Å². The Kier molecular flexibility index (Phi) is 4.57. The molecule has 1 spiro atoms. The average molecular weight is 290 g/mol. The number of benzene rings is 1. The van der Waals surface area contributed by atoms with E-state index in [2.05, 4.69) is 40.7 Å². The van der Waals surface area contributed by atoms with Gasteiger partial charge in [-0.25, -0.2) is 0 Å². The van der Waals surface area contributed by atoms with Crippen LogP contribution in [0.15, 0.2) is 24.3 Å². The van der Waals surface area contributed by atoms with E-state index >= 15 is 0 Å². The number of para-hydroxylation sites is 1. The Balaban J connectivity index is 1.86. The Morgan fingerprint density at radius 1 is 1.20 bits per heavy atom. The Hall–Kier alpha value is -0.670. The highest BCUT2D eigenvalue weighted by Crippen LogP contribution is 2.34. The maximum atomic E-state index is 3.91. The fourth-order valence-electron chi connectivity index (χ4n) is 3.72. The van der Waals surface area contributed by atoms with Crippen LogP contribution in [0.3, 0.4) is 0 Å². The molecule has 0 amide bonds. The zero-order valence-corrected chi connectivity index (χ0v) is 13.3. The number of thioether (sulfide) groups is 1. The van der Waals surface area contributed by atoms with Gasteiger partial charge in [0.1, 0.15) is 0 Å². The van der Waals surface area contributed by atoms with Crippen LogP contribution in [0.4, 0.5) is 5.69 Å². The highest BCUT2D eigenvalue weighted by atomic mass is 32.2. The van der Waals surface area contributed by atoms with Gasteiger partial charge in [-0.1, -0.05) is 37.5 Å². The summed E-state index contributed by atoms with van der Waals surface area (Å²) in [5, 5.41) is 3.91. The molecule has 0 aromatic heterocycles. The van der Waals surface area contributed by atoms with E-state index in [9.17, 15) is 0 Å². The Morgan fingerprint density at radius 2 is 2.00 bits per heavy atom. The topological polar surface area (TPSA) is 15.3 Å². The van der Waals surface area contributed by atoms with Crippen molar-refractivity contribution in [3.63, 3.8) is 0 Å². The van der Waals surface area contributed by atoms with E-state index in [1.165, 1.54) is 62.2 Å². The summed E-state index contributed by atoms with van der Waals surface area (Å²) in [6.45, 7) is 3.39. The van der Waals surface area contributed by atoms with Gasteiger partial charge in [0, 0.05) is 36.6 Å². The van der Waals surface area contributed by atoms with Crippen molar-refractivity contribution in [2.45, 2.75) is 44.2 Å². The smallest absolute Gasteiger partial charge is 0.0412 e. The maximum absolute atomic E-state index is 3.91. The first-order chi connectivity index (χ1) is 9.83. The van der Waals surface area contributed by atoms with Crippen LogP contribution in [0, 0.1) is 0 Å². The number of anilines is 1. The minimum Gasteiger partial charge on any atom is -0.369 e. The molecule has 3 rings (SSSR count). The Bertz CT molecular complexity index is 440. The molecular formula is C17H26N2S. The van der Waals surface area contributed by atoms with Gasteiger partial charge < -0.3 is 10.2 Å². The number of fused-ring (bicyclic) bond motifs is 1. The Labute approximate surface area is 127 Å². The fraction of sp³-hybridized carbons (Fsp3) is 0.647. The summed E-state index contributed by atoms with van der Waals surface area (Å²) in [7, 11) is 0. The molecule has 1 heterocycles. The molecule has 0 atom stereocenters. The van der Waals surface area contributed by atoms with Crippen molar-refractivity contribution >= 4 is 17.4 Å². The first-order valence-corrected chi connectivity index (χ1v) is 9.29. The summed E-state index contributed by atoms with van der Waals surface area (Å²) in [5.41, 5.74) is 3.28. The maximum Gasteiger partial charge on any atom is 0.0412 e. The zero-order valence-electron chi connectivity index (χ0n) is 12.5. The second kappa shape index (κ2) is 6.40. The van der Waals surface area contributed by atoms with Gasteiger partial charge in [0.2, 0.25) is 0 Å². The number of nitrogens with zero attached hydrogens (tertiary/aromatic N) is 1. The summed E-state index contributed by atoms with van der Waals surface area (Å²) in [4.78, 5) is 2.64. The van der Waals surface area contributed by atoms with Gasteiger partial charge in [0.05, 0.1) is 0 Å². The van der Waals surface area contributed by atoms with Crippen LogP contribution >= 0.6 is 11.8 Å². The lowest BCUT2D eigenvalue weighted by Crippen LogP contribution is -2.53. The first kappa shape index (κ1) is 14.3. The van der Waals surface area contributed by atoms with E-state index in [1.54, 1.807) is 0 Å². The quantitative estimate of drug-likeness (QED) is 0.914. The summed E-state index contributed by atoms with van der Waals surface area (Å²) in [6.07, 6.45) is 9.09. The van der Waals surface area contributed by atoms with Crippen molar-refractivity contribution < 1.29 is 0 Å². The van der Waals surface area contributed by atoms with Crippen molar-refractivity contribution in [3.8, 4) is 0 Å². The number of nitrogens with one attached hydrogen (secondary N) is 1. The number of hydrogen-bond donors (Lipinski definition) is 1. The minimum atomic E-state index is 0.357. The second-order valence-electron chi connectivity index (χ2n) is 6.24. The lowest BCUT2D eigenvalue weighted by molar-refractivity contribution is 0.237. The van der Waals surface area contributed by atoms with Crippen LogP contribution in [-0.2, 0) is 6.54 Å². The van der Waals surface area contributed by atoms with Crippen LogP contribution < -0.4 is 10.2 Å². The highest BCUT2D eigenvalue weighted by molar-refractivity contribution is 7.98. The molecule has 1 aromatic carbocycles. The lowest BCUT2D eigenvalue weighted by atomic mass is 9.81. The van der Waals surface area contributed by atoms with Crippen LogP contribution in [0.2, 0.25) is 0 Å². The van der Waals surface area contributed by atoms with Gasteiger partial charge in [-0.15, -0.1) is 0 Å². The molecule has 1 fully saturated rings.